The lowest BCUT2D eigenvalue weighted by molar-refractivity contribution is 0.194. The van der Waals surface area contributed by atoms with Crippen molar-refractivity contribution in [2.45, 2.75) is 38.3 Å². The molecule has 4 heteroatoms. The fourth-order valence-electron chi connectivity index (χ4n) is 2.17. The number of hydrogen-bond acceptors (Lipinski definition) is 3. The minimum Gasteiger partial charge on any atom is -0.385 e. The molecule has 15 heavy (non-hydrogen) atoms. The van der Waals surface area contributed by atoms with E-state index in [1.54, 1.807) is 7.11 Å². The smallest absolute Gasteiger partial charge is 0.108 e. The molecule has 0 bridgehead atoms. The van der Waals surface area contributed by atoms with Crippen LogP contribution in [0, 0.1) is 0 Å². The number of ether oxygens (including phenoxy) is 1. The summed E-state index contributed by atoms with van der Waals surface area (Å²) in [5, 5.41) is 0. The number of methoxy groups -OCH3 is 1. The number of rotatable bonds is 4. The van der Waals surface area contributed by atoms with Crippen LogP contribution in [-0.2, 0) is 17.7 Å². The van der Waals surface area contributed by atoms with Crippen molar-refractivity contribution in [2.24, 2.45) is 5.73 Å². The Bertz CT molecular complexity index is 322. The summed E-state index contributed by atoms with van der Waals surface area (Å²) >= 11 is 0. The predicted octanol–water partition coefficient (Wildman–Crippen LogP) is 1.26. The lowest BCUT2D eigenvalue weighted by Gasteiger charge is -2.22. The zero-order valence-electron chi connectivity index (χ0n) is 9.28. The van der Waals surface area contributed by atoms with Crippen molar-refractivity contribution in [1.29, 1.82) is 0 Å². The first-order chi connectivity index (χ1) is 7.33. The fourth-order valence-corrected chi connectivity index (χ4v) is 2.17. The van der Waals surface area contributed by atoms with Gasteiger partial charge in [0.2, 0.25) is 0 Å². The summed E-state index contributed by atoms with van der Waals surface area (Å²) in [6.45, 7) is 1.87. The Hall–Kier alpha value is -0.870. The molecule has 1 unspecified atom stereocenters. The molecule has 0 aliphatic carbocycles. The third kappa shape index (κ3) is 2.21. The molecule has 0 amide bonds. The highest BCUT2D eigenvalue weighted by Gasteiger charge is 2.19. The van der Waals surface area contributed by atoms with Crippen molar-refractivity contribution in [2.75, 3.05) is 13.7 Å². The van der Waals surface area contributed by atoms with Crippen LogP contribution in [0.4, 0.5) is 0 Å². The third-order valence-electron chi connectivity index (χ3n) is 2.99. The summed E-state index contributed by atoms with van der Waals surface area (Å²) < 4.78 is 7.33. The maximum Gasteiger partial charge on any atom is 0.108 e. The van der Waals surface area contributed by atoms with E-state index in [1.165, 1.54) is 12.1 Å². The number of aromatic nitrogens is 2. The molecule has 1 aliphatic rings. The minimum atomic E-state index is 0.183. The first-order valence-corrected chi connectivity index (χ1v) is 5.61. The summed E-state index contributed by atoms with van der Waals surface area (Å²) in [5.74, 6) is 1.16. The summed E-state index contributed by atoms with van der Waals surface area (Å²) in [4.78, 5) is 4.45. The molecule has 1 atom stereocenters. The van der Waals surface area contributed by atoms with Crippen LogP contribution in [0.15, 0.2) is 6.20 Å². The van der Waals surface area contributed by atoms with E-state index in [4.69, 9.17) is 10.5 Å². The van der Waals surface area contributed by atoms with Gasteiger partial charge in [0.15, 0.2) is 0 Å². The van der Waals surface area contributed by atoms with Gasteiger partial charge < -0.3 is 15.0 Å². The van der Waals surface area contributed by atoms with Crippen LogP contribution in [0.3, 0.4) is 0 Å². The van der Waals surface area contributed by atoms with Crippen LogP contribution in [0.25, 0.3) is 0 Å². The molecule has 1 aromatic rings. The highest BCUT2D eigenvalue weighted by atomic mass is 16.5. The van der Waals surface area contributed by atoms with Crippen LogP contribution < -0.4 is 5.73 Å². The van der Waals surface area contributed by atoms with E-state index >= 15 is 0 Å². The van der Waals surface area contributed by atoms with Crippen molar-refractivity contribution in [3.8, 4) is 0 Å². The molecule has 2 heterocycles. The van der Waals surface area contributed by atoms with Gasteiger partial charge in [0.1, 0.15) is 5.82 Å². The SMILES string of the molecule is COCCCc1ncc2n1CCCC2N. The molecular weight excluding hydrogens is 190 g/mol. The van der Waals surface area contributed by atoms with E-state index in [-0.39, 0.29) is 6.04 Å². The number of nitrogens with zero attached hydrogens (tertiary/aromatic N) is 2. The van der Waals surface area contributed by atoms with E-state index < -0.39 is 0 Å². The standard InChI is InChI=1S/C11H19N3O/c1-15-7-3-5-11-13-8-10-9(12)4-2-6-14(10)11/h8-9H,2-7,12H2,1H3. The summed E-state index contributed by atoms with van der Waals surface area (Å²) in [6, 6.07) is 0.183. The molecule has 2 rings (SSSR count). The molecule has 0 fully saturated rings. The van der Waals surface area contributed by atoms with Gasteiger partial charge in [-0.1, -0.05) is 0 Å². The lowest BCUT2D eigenvalue weighted by Crippen LogP contribution is -2.22. The van der Waals surface area contributed by atoms with E-state index in [2.05, 4.69) is 9.55 Å². The number of imidazole rings is 1. The number of nitrogens with two attached hydrogens (primary N) is 1. The second kappa shape index (κ2) is 4.77. The molecule has 0 spiro atoms. The van der Waals surface area contributed by atoms with Crippen LogP contribution in [0.1, 0.15) is 36.8 Å². The second-order valence-corrected chi connectivity index (χ2v) is 4.10. The molecule has 0 aromatic carbocycles. The average Bonchev–Trinajstić information content (AvgIpc) is 2.64. The van der Waals surface area contributed by atoms with Gasteiger partial charge in [0.05, 0.1) is 11.9 Å². The lowest BCUT2D eigenvalue weighted by atomic mass is 10.1. The van der Waals surface area contributed by atoms with Crippen LogP contribution in [0.2, 0.25) is 0 Å². The molecular formula is C11H19N3O. The van der Waals surface area contributed by atoms with Gasteiger partial charge in [-0.25, -0.2) is 4.98 Å². The maximum absolute atomic E-state index is 6.03. The highest BCUT2D eigenvalue weighted by molar-refractivity contribution is 5.12. The predicted molar refractivity (Wildman–Crippen MR) is 58.6 cm³/mol. The monoisotopic (exact) mass is 209 g/mol. The molecule has 2 N–H and O–H groups in total. The Morgan fingerprint density at radius 1 is 1.67 bits per heavy atom. The quantitative estimate of drug-likeness (QED) is 0.759. The molecule has 0 saturated heterocycles. The van der Waals surface area contributed by atoms with Crippen LogP contribution in [-0.4, -0.2) is 23.3 Å². The van der Waals surface area contributed by atoms with Crippen molar-refractivity contribution in [3.05, 3.63) is 17.7 Å². The zero-order chi connectivity index (χ0) is 10.7. The van der Waals surface area contributed by atoms with E-state index in [1.807, 2.05) is 6.20 Å². The Balaban J connectivity index is 2.06. The summed E-state index contributed by atoms with van der Waals surface area (Å²) in [6.07, 6.45) is 6.21. The van der Waals surface area contributed by atoms with Gasteiger partial charge in [-0.05, 0) is 19.3 Å². The molecule has 4 nitrogen and oxygen atoms in total. The van der Waals surface area contributed by atoms with Crippen molar-refractivity contribution >= 4 is 0 Å². The highest BCUT2D eigenvalue weighted by Crippen LogP contribution is 2.24. The topological polar surface area (TPSA) is 53.1 Å². The molecule has 0 radical (unpaired) electrons. The Morgan fingerprint density at radius 2 is 2.53 bits per heavy atom. The van der Waals surface area contributed by atoms with Crippen LogP contribution >= 0.6 is 0 Å². The van der Waals surface area contributed by atoms with E-state index in [9.17, 15) is 0 Å². The molecule has 0 saturated carbocycles. The Kier molecular flexibility index (Phi) is 3.38. The molecule has 84 valence electrons. The van der Waals surface area contributed by atoms with Gasteiger partial charge >= 0.3 is 0 Å². The van der Waals surface area contributed by atoms with Gasteiger partial charge in [-0.2, -0.15) is 0 Å². The van der Waals surface area contributed by atoms with Gasteiger partial charge in [0.25, 0.3) is 0 Å². The van der Waals surface area contributed by atoms with Gasteiger partial charge in [-0.3, -0.25) is 0 Å². The Morgan fingerprint density at radius 3 is 3.33 bits per heavy atom. The summed E-state index contributed by atoms with van der Waals surface area (Å²) in [7, 11) is 1.73. The third-order valence-corrected chi connectivity index (χ3v) is 2.99. The normalized spacial score (nSPS) is 20.3. The first kappa shape index (κ1) is 10.6. The summed E-state index contributed by atoms with van der Waals surface area (Å²) in [5.41, 5.74) is 7.23. The second-order valence-electron chi connectivity index (χ2n) is 4.10. The van der Waals surface area contributed by atoms with Crippen LogP contribution in [0.5, 0.6) is 0 Å². The fraction of sp³-hybridized carbons (Fsp3) is 0.727. The van der Waals surface area contributed by atoms with Crippen molar-refractivity contribution in [3.63, 3.8) is 0 Å². The van der Waals surface area contributed by atoms with E-state index in [0.29, 0.717) is 0 Å². The largest absolute Gasteiger partial charge is 0.385 e. The van der Waals surface area contributed by atoms with Gasteiger partial charge in [0, 0.05) is 32.7 Å². The zero-order valence-corrected chi connectivity index (χ0v) is 9.28. The number of hydrogen-bond donors (Lipinski definition) is 1. The van der Waals surface area contributed by atoms with Gasteiger partial charge in [-0.15, -0.1) is 0 Å². The number of aryl methyl sites for hydroxylation is 1. The van der Waals surface area contributed by atoms with Crippen molar-refractivity contribution < 1.29 is 4.74 Å². The minimum absolute atomic E-state index is 0.183. The molecule has 1 aromatic heterocycles. The van der Waals surface area contributed by atoms with Crippen molar-refractivity contribution in [1.82, 2.24) is 9.55 Å². The average molecular weight is 209 g/mol. The van der Waals surface area contributed by atoms with E-state index in [0.717, 1.165) is 38.2 Å². The maximum atomic E-state index is 6.03. The Labute approximate surface area is 90.4 Å². The first-order valence-electron chi connectivity index (χ1n) is 5.61. The number of fused-ring (bicyclic) bond motifs is 1. The molecule has 1 aliphatic heterocycles.